The highest BCUT2D eigenvalue weighted by atomic mass is 15.1. The highest BCUT2D eigenvalue weighted by Gasteiger charge is 2.25. The van der Waals surface area contributed by atoms with Gasteiger partial charge in [0.15, 0.2) is 0 Å². The van der Waals surface area contributed by atoms with Crippen LogP contribution in [-0.2, 0) is 6.42 Å². The number of hydrogen-bond donors (Lipinski definition) is 0. The van der Waals surface area contributed by atoms with Gasteiger partial charge >= 0.3 is 0 Å². The van der Waals surface area contributed by atoms with Crippen LogP contribution in [0.15, 0.2) is 243 Å². The van der Waals surface area contributed by atoms with E-state index < -0.39 is 0 Å². The average Bonchev–Trinajstić information content (AvgIpc) is 3.91. The number of nitrogens with zero attached hydrogens (tertiary/aromatic N) is 2. The zero-order valence-corrected chi connectivity index (χ0v) is 34.7. The number of rotatable bonds is 8. The van der Waals surface area contributed by atoms with Crippen LogP contribution in [0.5, 0.6) is 0 Å². The van der Waals surface area contributed by atoms with Crippen molar-refractivity contribution >= 4 is 38.9 Å². The van der Waals surface area contributed by atoms with E-state index >= 15 is 0 Å². The van der Waals surface area contributed by atoms with Crippen molar-refractivity contribution in [1.82, 2.24) is 4.57 Å². The highest BCUT2D eigenvalue weighted by molar-refractivity contribution is 6.10. The molecule has 10 aromatic carbocycles. The standard InChI is InChI=1S/C61H42N2/c1-4-14-42(15-5-1)44-26-33-49(34-27-44)62(50-35-28-45(29-36-50)43-16-6-2-7-17-43)51-37-30-46(31-38-51)52-21-12-23-54-55-24-13-22-53(59(55)41-58(52)54)47-32-39-57-56-20-10-11-25-60(56)63(61(57)40-47)48-18-8-3-9-19-48/h1-40H,41H2. The van der Waals surface area contributed by atoms with Gasteiger partial charge in [-0.1, -0.05) is 182 Å². The van der Waals surface area contributed by atoms with E-state index in [9.17, 15) is 0 Å². The molecule has 12 rings (SSSR count). The number of anilines is 3. The Labute approximate surface area is 368 Å². The molecule has 1 aliphatic carbocycles. The third kappa shape index (κ3) is 6.43. The predicted octanol–water partition coefficient (Wildman–Crippen LogP) is 16.5. The Morgan fingerprint density at radius 1 is 0.286 bits per heavy atom. The largest absolute Gasteiger partial charge is 0.311 e. The van der Waals surface area contributed by atoms with Crippen LogP contribution < -0.4 is 4.90 Å². The SMILES string of the molecule is c1ccc(-c2ccc(N(c3ccc(-c4ccccc4)cc3)c3ccc(-c4cccc5c4Cc4c(-c6ccc7c8ccccc8n(-c8ccccc8)c7c6)cccc4-5)cc3)cc2)cc1. The quantitative estimate of drug-likeness (QED) is 0.149. The lowest BCUT2D eigenvalue weighted by atomic mass is 9.94. The number of para-hydroxylation sites is 2. The van der Waals surface area contributed by atoms with Crippen LogP contribution in [0.25, 0.3) is 83.1 Å². The van der Waals surface area contributed by atoms with Crippen LogP contribution in [0.4, 0.5) is 17.1 Å². The van der Waals surface area contributed by atoms with Crippen molar-refractivity contribution in [2.45, 2.75) is 6.42 Å². The molecule has 0 amide bonds. The Kier molecular flexibility index (Phi) is 8.93. The maximum Gasteiger partial charge on any atom is 0.0547 e. The van der Waals surface area contributed by atoms with Gasteiger partial charge in [0, 0.05) is 33.5 Å². The fourth-order valence-corrected chi connectivity index (χ4v) is 9.87. The first-order valence-electron chi connectivity index (χ1n) is 21.8. The zero-order valence-electron chi connectivity index (χ0n) is 34.7. The second-order valence-electron chi connectivity index (χ2n) is 16.5. The lowest BCUT2D eigenvalue weighted by Crippen LogP contribution is -2.09. The van der Waals surface area contributed by atoms with Gasteiger partial charge in [0.25, 0.3) is 0 Å². The van der Waals surface area contributed by atoms with E-state index in [-0.39, 0.29) is 0 Å². The molecule has 2 heteroatoms. The van der Waals surface area contributed by atoms with E-state index in [4.69, 9.17) is 0 Å². The molecule has 1 heterocycles. The van der Waals surface area contributed by atoms with Gasteiger partial charge in [0.2, 0.25) is 0 Å². The first kappa shape index (κ1) is 36.6. The number of benzene rings is 10. The maximum atomic E-state index is 2.41. The molecule has 0 aliphatic heterocycles. The molecule has 0 spiro atoms. The lowest BCUT2D eigenvalue weighted by Gasteiger charge is -2.26. The minimum Gasteiger partial charge on any atom is -0.311 e. The molecule has 0 saturated carbocycles. The van der Waals surface area contributed by atoms with Crippen LogP contribution in [-0.4, -0.2) is 4.57 Å². The number of hydrogen-bond acceptors (Lipinski definition) is 1. The Balaban J connectivity index is 0.901. The molecule has 0 saturated heterocycles. The molecule has 296 valence electrons. The average molecular weight is 803 g/mol. The molecule has 1 aliphatic rings. The van der Waals surface area contributed by atoms with Crippen molar-refractivity contribution in [3.63, 3.8) is 0 Å². The minimum absolute atomic E-state index is 0.881. The molecule has 1 aromatic heterocycles. The van der Waals surface area contributed by atoms with Gasteiger partial charge in [-0.3, -0.25) is 0 Å². The van der Waals surface area contributed by atoms with Gasteiger partial charge in [0.1, 0.15) is 0 Å². The van der Waals surface area contributed by atoms with Crippen molar-refractivity contribution in [3.05, 3.63) is 254 Å². The Hall–Kier alpha value is -8.20. The molecule has 0 atom stereocenters. The molecular formula is C61H42N2. The summed E-state index contributed by atoms with van der Waals surface area (Å²) in [7, 11) is 0. The molecule has 0 bridgehead atoms. The fourth-order valence-electron chi connectivity index (χ4n) is 9.87. The van der Waals surface area contributed by atoms with Gasteiger partial charge < -0.3 is 9.47 Å². The van der Waals surface area contributed by atoms with Gasteiger partial charge in [0.05, 0.1) is 11.0 Å². The summed E-state index contributed by atoms with van der Waals surface area (Å²) in [6, 6.07) is 88.4. The van der Waals surface area contributed by atoms with E-state index in [1.54, 1.807) is 0 Å². The number of fused-ring (bicyclic) bond motifs is 6. The Bertz CT molecular complexity index is 3340. The van der Waals surface area contributed by atoms with Gasteiger partial charge in [-0.2, -0.15) is 0 Å². The van der Waals surface area contributed by atoms with Gasteiger partial charge in [-0.15, -0.1) is 0 Å². The molecule has 0 N–H and O–H groups in total. The van der Waals surface area contributed by atoms with E-state index in [0.29, 0.717) is 0 Å². The summed E-state index contributed by atoms with van der Waals surface area (Å²) in [5.41, 5.74) is 22.3. The van der Waals surface area contributed by atoms with Crippen molar-refractivity contribution in [2.24, 2.45) is 0 Å². The minimum atomic E-state index is 0.881. The second kappa shape index (κ2) is 15.4. The van der Waals surface area contributed by atoms with Gasteiger partial charge in [-0.25, -0.2) is 0 Å². The smallest absolute Gasteiger partial charge is 0.0547 e. The predicted molar refractivity (Wildman–Crippen MR) is 265 cm³/mol. The molecule has 0 fully saturated rings. The normalized spacial score (nSPS) is 11.7. The Morgan fingerprint density at radius 2 is 0.698 bits per heavy atom. The van der Waals surface area contributed by atoms with Crippen LogP contribution >= 0.6 is 0 Å². The van der Waals surface area contributed by atoms with Crippen molar-refractivity contribution in [3.8, 4) is 61.3 Å². The van der Waals surface area contributed by atoms with Crippen LogP contribution in [0, 0.1) is 0 Å². The summed E-state index contributed by atoms with van der Waals surface area (Å²) in [5.74, 6) is 0. The van der Waals surface area contributed by atoms with Crippen LogP contribution in [0.2, 0.25) is 0 Å². The zero-order chi connectivity index (χ0) is 41.7. The van der Waals surface area contributed by atoms with Crippen LogP contribution in [0.1, 0.15) is 11.1 Å². The summed E-state index contributed by atoms with van der Waals surface area (Å²) in [4.78, 5) is 2.36. The van der Waals surface area contributed by atoms with E-state index in [1.807, 2.05) is 0 Å². The third-order valence-corrected chi connectivity index (χ3v) is 12.9. The maximum absolute atomic E-state index is 2.41. The Morgan fingerprint density at radius 3 is 1.25 bits per heavy atom. The monoisotopic (exact) mass is 802 g/mol. The molecule has 63 heavy (non-hydrogen) atoms. The van der Waals surface area contributed by atoms with Crippen molar-refractivity contribution in [1.29, 1.82) is 0 Å². The molecule has 11 aromatic rings. The summed E-state index contributed by atoms with van der Waals surface area (Å²) in [5, 5.41) is 2.54. The summed E-state index contributed by atoms with van der Waals surface area (Å²) < 4.78 is 2.41. The summed E-state index contributed by atoms with van der Waals surface area (Å²) >= 11 is 0. The fraction of sp³-hybridized carbons (Fsp3) is 0.0164. The first-order valence-corrected chi connectivity index (χ1v) is 21.8. The lowest BCUT2D eigenvalue weighted by molar-refractivity contribution is 1.18. The van der Waals surface area contributed by atoms with Gasteiger partial charge in [-0.05, 0) is 134 Å². The third-order valence-electron chi connectivity index (χ3n) is 12.9. The van der Waals surface area contributed by atoms with Crippen molar-refractivity contribution in [2.75, 3.05) is 4.90 Å². The van der Waals surface area contributed by atoms with E-state index in [0.717, 1.165) is 23.5 Å². The van der Waals surface area contributed by atoms with Crippen molar-refractivity contribution < 1.29 is 0 Å². The first-order chi connectivity index (χ1) is 31.2. The topological polar surface area (TPSA) is 8.17 Å². The van der Waals surface area contributed by atoms with Crippen LogP contribution in [0.3, 0.4) is 0 Å². The van der Waals surface area contributed by atoms with E-state index in [1.165, 1.54) is 94.3 Å². The number of aromatic nitrogens is 1. The summed E-state index contributed by atoms with van der Waals surface area (Å²) in [6.07, 6.45) is 0.881. The molecule has 0 radical (unpaired) electrons. The molecule has 2 nitrogen and oxygen atoms in total. The second-order valence-corrected chi connectivity index (χ2v) is 16.5. The summed E-state index contributed by atoms with van der Waals surface area (Å²) in [6.45, 7) is 0. The highest BCUT2D eigenvalue weighted by Crippen LogP contribution is 2.47. The molecular weight excluding hydrogens is 761 g/mol. The van der Waals surface area contributed by atoms with E-state index in [2.05, 4.69) is 252 Å². The molecule has 0 unspecified atom stereocenters.